The van der Waals surface area contributed by atoms with E-state index in [9.17, 15) is 9.59 Å². The molecule has 1 unspecified atom stereocenters. The van der Waals surface area contributed by atoms with Crippen LogP contribution in [0.5, 0.6) is 0 Å². The molecule has 2 aliphatic carbocycles. The average Bonchev–Trinajstić information content (AvgIpc) is 3.46. The molecule has 3 fully saturated rings. The zero-order valence-electron chi connectivity index (χ0n) is 15.8. The van der Waals surface area contributed by atoms with Crippen molar-refractivity contribution in [2.75, 3.05) is 26.2 Å². The van der Waals surface area contributed by atoms with Crippen molar-refractivity contribution >= 4 is 11.8 Å². The number of rotatable bonds is 7. The summed E-state index contributed by atoms with van der Waals surface area (Å²) in [5.41, 5.74) is 0. The monoisotopic (exact) mass is 349 g/mol. The van der Waals surface area contributed by atoms with Crippen molar-refractivity contribution < 1.29 is 9.59 Å². The van der Waals surface area contributed by atoms with E-state index in [0.717, 1.165) is 51.4 Å². The summed E-state index contributed by atoms with van der Waals surface area (Å²) in [4.78, 5) is 28.8. The van der Waals surface area contributed by atoms with Gasteiger partial charge in [0, 0.05) is 38.6 Å². The summed E-state index contributed by atoms with van der Waals surface area (Å²) in [5, 5.41) is 3.08. The smallest absolute Gasteiger partial charge is 0.237 e. The molecule has 1 N–H and O–H groups in total. The first-order valence-corrected chi connectivity index (χ1v) is 10.5. The van der Waals surface area contributed by atoms with Crippen molar-refractivity contribution in [3.05, 3.63) is 0 Å². The zero-order valence-corrected chi connectivity index (χ0v) is 15.8. The van der Waals surface area contributed by atoms with E-state index >= 15 is 0 Å². The van der Waals surface area contributed by atoms with Crippen LogP contribution in [0.4, 0.5) is 0 Å². The largest absolute Gasteiger partial charge is 0.352 e. The molecule has 1 saturated heterocycles. The summed E-state index contributed by atoms with van der Waals surface area (Å²) >= 11 is 0. The molecule has 3 aliphatic rings. The fraction of sp³-hybridized carbons (Fsp3) is 0.900. The lowest BCUT2D eigenvalue weighted by Crippen LogP contribution is -2.55. The summed E-state index contributed by atoms with van der Waals surface area (Å²) in [7, 11) is 0. The van der Waals surface area contributed by atoms with Gasteiger partial charge in [-0.1, -0.05) is 32.1 Å². The van der Waals surface area contributed by atoms with Crippen molar-refractivity contribution in [1.82, 2.24) is 15.1 Å². The van der Waals surface area contributed by atoms with Crippen LogP contribution in [0.1, 0.15) is 71.1 Å². The normalized spacial score (nSPS) is 24.1. The Hall–Kier alpha value is -1.10. The van der Waals surface area contributed by atoms with Gasteiger partial charge in [0.25, 0.3) is 0 Å². The van der Waals surface area contributed by atoms with Crippen molar-refractivity contribution in [3.63, 3.8) is 0 Å². The van der Waals surface area contributed by atoms with Crippen LogP contribution in [-0.2, 0) is 9.59 Å². The Morgan fingerprint density at radius 2 is 1.68 bits per heavy atom. The quantitative estimate of drug-likeness (QED) is 0.768. The van der Waals surface area contributed by atoms with Crippen LogP contribution in [0.15, 0.2) is 0 Å². The van der Waals surface area contributed by atoms with Crippen LogP contribution < -0.4 is 5.32 Å². The minimum absolute atomic E-state index is 0.0795. The molecule has 142 valence electrons. The average molecular weight is 350 g/mol. The third kappa shape index (κ3) is 5.70. The molecule has 1 atom stereocenters. The van der Waals surface area contributed by atoms with E-state index in [0.29, 0.717) is 18.4 Å². The highest BCUT2D eigenvalue weighted by atomic mass is 16.2. The van der Waals surface area contributed by atoms with Crippen molar-refractivity contribution in [2.24, 2.45) is 5.92 Å². The maximum absolute atomic E-state index is 12.4. The highest BCUT2D eigenvalue weighted by Gasteiger charge is 2.30. The van der Waals surface area contributed by atoms with Gasteiger partial charge in [-0.3, -0.25) is 14.5 Å². The number of nitrogens with one attached hydrogen (secondary N) is 1. The van der Waals surface area contributed by atoms with Gasteiger partial charge in [0.05, 0.1) is 6.04 Å². The number of carbonyl (C=O) groups is 2. The highest BCUT2D eigenvalue weighted by molar-refractivity contribution is 5.82. The number of carbonyl (C=O) groups excluding carboxylic acids is 2. The van der Waals surface area contributed by atoms with Crippen molar-refractivity contribution in [3.8, 4) is 0 Å². The minimum atomic E-state index is -0.0795. The van der Waals surface area contributed by atoms with E-state index in [4.69, 9.17) is 0 Å². The fourth-order valence-corrected chi connectivity index (χ4v) is 4.25. The molecule has 1 heterocycles. The summed E-state index contributed by atoms with van der Waals surface area (Å²) in [6, 6.07) is 0.339. The van der Waals surface area contributed by atoms with E-state index in [1.54, 1.807) is 0 Å². The van der Waals surface area contributed by atoms with Gasteiger partial charge in [-0.15, -0.1) is 0 Å². The van der Waals surface area contributed by atoms with Crippen LogP contribution >= 0.6 is 0 Å². The van der Waals surface area contributed by atoms with Gasteiger partial charge < -0.3 is 10.2 Å². The molecule has 2 amide bonds. The molecule has 2 saturated carbocycles. The molecular formula is C20H35N3O2. The van der Waals surface area contributed by atoms with Gasteiger partial charge in [0.15, 0.2) is 0 Å². The SMILES string of the molecule is CC(C(=O)NC1CC1)N1CCN(C(=O)CCCC2CCCCC2)CC1. The summed E-state index contributed by atoms with van der Waals surface area (Å²) in [6.07, 6.45) is 12.1. The van der Waals surface area contributed by atoms with Gasteiger partial charge in [-0.2, -0.15) is 0 Å². The first-order chi connectivity index (χ1) is 12.1. The van der Waals surface area contributed by atoms with Crippen LogP contribution in [-0.4, -0.2) is 59.9 Å². The summed E-state index contributed by atoms with van der Waals surface area (Å²) in [6.45, 7) is 5.15. The van der Waals surface area contributed by atoms with Gasteiger partial charge in [-0.25, -0.2) is 0 Å². The summed E-state index contributed by atoms with van der Waals surface area (Å²) < 4.78 is 0. The third-order valence-electron chi connectivity index (χ3n) is 6.25. The van der Waals surface area contributed by atoms with Crippen LogP contribution in [0.2, 0.25) is 0 Å². The third-order valence-corrected chi connectivity index (χ3v) is 6.25. The zero-order chi connectivity index (χ0) is 17.6. The van der Waals surface area contributed by atoms with E-state index in [1.165, 1.54) is 38.5 Å². The highest BCUT2D eigenvalue weighted by Crippen LogP contribution is 2.27. The second-order valence-corrected chi connectivity index (χ2v) is 8.27. The molecule has 0 aromatic heterocycles. The molecule has 1 aliphatic heterocycles. The standard InChI is InChI=1S/C20H35N3O2/c1-16(20(25)21-18-10-11-18)22-12-14-23(15-13-22)19(24)9-5-8-17-6-3-2-4-7-17/h16-18H,2-15H2,1H3,(H,21,25). The van der Waals surface area contributed by atoms with Gasteiger partial charge in [0.2, 0.25) is 11.8 Å². The Morgan fingerprint density at radius 1 is 1.00 bits per heavy atom. The predicted molar refractivity (Wildman–Crippen MR) is 99.2 cm³/mol. The molecule has 25 heavy (non-hydrogen) atoms. The lowest BCUT2D eigenvalue weighted by Gasteiger charge is -2.37. The van der Waals surface area contributed by atoms with Crippen molar-refractivity contribution in [2.45, 2.75) is 83.2 Å². The van der Waals surface area contributed by atoms with Crippen molar-refractivity contribution in [1.29, 1.82) is 0 Å². The fourth-order valence-electron chi connectivity index (χ4n) is 4.25. The van der Waals surface area contributed by atoms with E-state index in [2.05, 4.69) is 10.2 Å². The maximum Gasteiger partial charge on any atom is 0.237 e. The van der Waals surface area contributed by atoms with Crippen LogP contribution in [0, 0.1) is 5.92 Å². The molecule has 5 heteroatoms. The molecule has 0 aromatic rings. The number of hydrogen-bond donors (Lipinski definition) is 1. The van der Waals surface area contributed by atoms with E-state index in [-0.39, 0.29) is 11.9 Å². The predicted octanol–water partition coefficient (Wildman–Crippen LogP) is 2.55. The Balaban J connectivity index is 1.32. The second-order valence-electron chi connectivity index (χ2n) is 8.27. The Morgan fingerprint density at radius 3 is 2.32 bits per heavy atom. The Bertz CT molecular complexity index is 450. The molecule has 0 radical (unpaired) electrons. The van der Waals surface area contributed by atoms with Crippen LogP contribution in [0.25, 0.3) is 0 Å². The maximum atomic E-state index is 12.4. The molecule has 0 spiro atoms. The lowest BCUT2D eigenvalue weighted by molar-refractivity contribution is -0.134. The number of amides is 2. The van der Waals surface area contributed by atoms with Gasteiger partial charge in [0.1, 0.15) is 0 Å². The van der Waals surface area contributed by atoms with Crippen LogP contribution in [0.3, 0.4) is 0 Å². The first-order valence-electron chi connectivity index (χ1n) is 10.5. The number of piperazine rings is 1. The summed E-state index contributed by atoms with van der Waals surface area (Å²) in [5.74, 6) is 1.32. The van der Waals surface area contributed by atoms with E-state index < -0.39 is 0 Å². The molecule has 3 rings (SSSR count). The topological polar surface area (TPSA) is 52.7 Å². The van der Waals surface area contributed by atoms with Gasteiger partial charge >= 0.3 is 0 Å². The molecule has 0 aromatic carbocycles. The molecule has 0 bridgehead atoms. The Kier molecular flexibility index (Phi) is 6.74. The van der Waals surface area contributed by atoms with E-state index in [1.807, 2.05) is 11.8 Å². The first kappa shape index (κ1) is 18.7. The lowest BCUT2D eigenvalue weighted by atomic mass is 9.86. The second kappa shape index (κ2) is 9.02. The minimum Gasteiger partial charge on any atom is -0.352 e. The number of nitrogens with zero attached hydrogens (tertiary/aromatic N) is 2. The molecular weight excluding hydrogens is 314 g/mol. The Labute approximate surface area is 152 Å². The molecule has 5 nitrogen and oxygen atoms in total. The van der Waals surface area contributed by atoms with Gasteiger partial charge in [-0.05, 0) is 38.5 Å². The number of hydrogen-bond acceptors (Lipinski definition) is 3.